The molecule has 0 spiro atoms. The molecule has 0 amide bonds. The highest BCUT2D eigenvalue weighted by Gasteiger charge is 2.20. The maximum atomic E-state index is 12.4. The van der Waals surface area contributed by atoms with Crippen LogP contribution in [0.3, 0.4) is 0 Å². The number of fused-ring (bicyclic) bond motifs is 1. The highest BCUT2D eigenvalue weighted by Crippen LogP contribution is 2.19. The molecular formula is C19H25N5O4. The molecule has 0 aliphatic rings. The summed E-state index contributed by atoms with van der Waals surface area (Å²) < 4.78 is 8.57. The number of hydrogen-bond acceptors (Lipinski definition) is 6. The molecule has 0 unspecified atom stereocenters. The van der Waals surface area contributed by atoms with Gasteiger partial charge in [-0.05, 0) is 37.1 Å². The SMILES string of the molecule is Cc1ccc(OC[C@@H](O)Cn2c(N(C)C)nc3c2c(=O)[nH]c(=O)n3C)cc1C. The van der Waals surface area contributed by atoms with Crippen LogP contribution in [-0.4, -0.2) is 51.0 Å². The monoisotopic (exact) mass is 387 g/mol. The van der Waals surface area contributed by atoms with E-state index in [9.17, 15) is 14.7 Å². The van der Waals surface area contributed by atoms with E-state index < -0.39 is 17.4 Å². The van der Waals surface area contributed by atoms with Gasteiger partial charge in [0.1, 0.15) is 18.5 Å². The van der Waals surface area contributed by atoms with Crippen molar-refractivity contribution in [1.82, 2.24) is 19.1 Å². The molecule has 3 aromatic rings. The Morgan fingerprint density at radius 3 is 2.61 bits per heavy atom. The Bertz CT molecular complexity index is 1130. The second kappa shape index (κ2) is 7.51. The maximum Gasteiger partial charge on any atom is 0.329 e. The largest absolute Gasteiger partial charge is 0.491 e. The van der Waals surface area contributed by atoms with E-state index in [0.717, 1.165) is 5.56 Å². The minimum Gasteiger partial charge on any atom is -0.491 e. The summed E-state index contributed by atoms with van der Waals surface area (Å²) in [5.74, 6) is 1.14. The topological polar surface area (TPSA) is 105 Å². The number of ether oxygens (including phenoxy) is 1. The molecule has 0 bridgehead atoms. The Hall–Kier alpha value is -3.07. The first-order chi connectivity index (χ1) is 13.2. The highest BCUT2D eigenvalue weighted by molar-refractivity contribution is 5.74. The summed E-state index contributed by atoms with van der Waals surface area (Å²) in [7, 11) is 5.10. The van der Waals surface area contributed by atoms with Crippen LogP contribution in [0.4, 0.5) is 5.95 Å². The molecule has 2 heterocycles. The summed E-state index contributed by atoms with van der Waals surface area (Å²) in [6, 6.07) is 5.73. The van der Waals surface area contributed by atoms with Gasteiger partial charge in [-0.2, -0.15) is 4.98 Å². The number of H-pyrrole nitrogens is 1. The molecule has 1 atom stereocenters. The van der Waals surface area contributed by atoms with Crippen LogP contribution in [0.2, 0.25) is 0 Å². The van der Waals surface area contributed by atoms with Crippen molar-refractivity contribution in [3.05, 3.63) is 50.2 Å². The zero-order valence-corrected chi connectivity index (χ0v) is 16.7. The van der Waals surface area contributed by atoms with Crippen molar-refractivity contribution in [2.24, 2.45) is 7.05 Å². The van der Waals surface area contributed by atoms with E-state index in [1.54, 1.807) is 23.6 Å². The Morgan fingerprint density at radius 2 is 1.96 bits per heavy atom. The van der Waals surface area contributed by atoms with Gasteiger partial charge in [0.05, 0.1) is 6.54 Å². The normalized spacial score (nSPS) is 12.4. The Morgan fingerprint density at radius 1 is 1.25 bits per heavy atom. The minimum atomic E-state index is -0.880. The third kappa shape index (κ3) is 3.65. The molecule has 0 saturated heterocycles. The molecule has 0 aliphatic heterocycles. The lowest BCUT2D eigenvalue weighted by molar-refractivity contribution is 0.0936. The molecule has 28 heavy (non-hydrogen) atoms. The minimum absolute atomic E-state index is 0.0543. The third-order valence-electron chi connectivity index (χ3n) is 4.70. The van der Waals surface area contributed by atoms with Gasteiger partial charge < -0.3 is 19.3 Å². The first kappa shape index (κ1) is 19.7. The first-order valence-electron chi connectivity index (χ1n) is 8.94. The number of benzene rings is 1. The summed E-state index contributed by atoms with van der Waals surface area (Å²) in [5.41, 5.74) is 1.69. The fourth-order valence-corrected chi connectivity index (χ4v) is 3.00. The number of anilines is 1. The van der Waals surface area contributed by atoms with Crippen LogP contribution in [0.15, 0.2) is 27.8 Å². The van der Waals surface area contributed by atoms with Crippen molar-refractivity contribution in [3.63, 3.8) is 0 Å². The van der Waals surface area contributed by atoms with E-state index >= 15 is 0 Å². The number of aromatic amines is 1. The molecule has 1 aromatic carbocycles. The summed E-state index contributed by atoms with van der Waals surface area (Å²) in [6.07, 6.45) is -0.880. The maximum absolute atomic E-state index is 12.4. The van der Waals surface area contributed by atoms with E-state index in [1.807, 2.05) is 32.0 Å². The standard InChI is InChI=1S/C19H25N5O4/c1-11-6-7-14(8-12(11)2)28-10-13(25)9-24-15-16(20-18(24)22(3)4)23(5)19(27)21-17(15)26/h6-8,13,25H,9-10H2,1-5H3,(H,21,26,27)/t13-/m0/s1. The van der Waals surface area contributed by atoms with Crippen LogP contribution in [0.25, 0.3) is 11.2 Å². The van der Waals surface area contributed by atoms with E-state index in [4.69, 9.17) is 4.74 Å². The molecule has 0 saturated carbocycles. The average molecular weight is 387 g/mol. The number of nitrogens with one attached hydrogen (secondary N) is 1. The highest BCUT2D eigenvalue weighted by atomic mass is 16.5. The van der Waals surface area contributed by atoms with Gasteiger partial charge in [0.2, 0.25) is 5.95 Å². The second-order valence-electron chi connectivity index (χ2n) is 7.12. The van der Waals surface area contributed by atoms with Crippen LogP contribution >= 0.6 is 0 Å². The van der Waals surface area contributed by atoms with E-state index in [1.165, 1.54) is 17.2 Å². The number of imidazole rings is 1. The Balaban J connectivity index is 1.89. The van der Waals surface area contributed by atoms with Gasteiger partial charge in [0.25, 0.3) is 5.56 Å². The van der Waals surface area contributed by atoms with Crippen molar-refractivity contribution in [2.75, 3.05) is 25.6 Å². The first-order valence-corrected chi connectivity index (χ1v) is 8.94. The number of rotatable bonds is 6. The summed E-state index contributed by atoms with van der Waals surface area (Å²) in [4.78, 5) is 32.6. The van der Waals surface area contributed by atoms with E-state index in [-0.39, 0.29) is 24.3 Å². The molecule has 0 radical (unpaired) electrons. The molecule has 0 aliphatic carbocycles. The van der Waals surface area contributed by atoms with Gasteiger partial charge in [-0.3, -0.25) is 14.3 Å². The molecular weight excluding hydrogens is 362 g/mol. The molecule has 9 heteroatoms. The number of aliphatic hydroxyl groups is 1. The summed E-state index contributed by atoms with van der Waals surface area (Å²) in [6.45, 7) is 4.16. The molecule has 0 fully saturated rings. The lowest BCUT2D eigenvalue weighted by Crippen LogP contribution is -2.31. The molecule has 3 rings (SSSR count). The number of aromatic nitrogens is 4. The molecule has 2 aromatic heterocycles. The van der Waals surface area contributed by atoms with Gasteiger partial charge in [0.15, 0.2) is 11.2 Å². The number of aryl methyl sites for hydroxylation is 3. The fourth-order valence-electron chi connectivity index (χ4n) is 3.00. The van der Waals surface area contributed by atoms with Crippen LogP contribution < -0.4 is 20.9 Å². The van der Waals surface area contributed by atoms with Gasteiger partial charge in [-0.1, -0.05) is 6.07 Å². The summed E-state index contributed by atoms with van der Waals surface area (Å²) in [5, 5.41) is 10.5. The van der Waals surface area contributed by atoms with Crippen molar-refractivity contribution >= 4 is 17.1 Å². The summed E-state index contributed by atoms with van der Waals surface area (Å²) >= 11 is 0. The van der Waals surface area contributed by atoms with Crippen molar-refractivity contribution in [3.8, 4) is 5.75 Å². The predicted molar refractivity (Wildman–Crippen MR) is 107 cm³/mol. The van der Waals surface area contributed by atoms with Crippen molar-refractivity contribution < 1.29 is 9.84 Å². The number of aliphatic hydroxyl groups excluding tert-OH is 1. The van der Waals surface area contributed by atoms with Crippen LogP contribution in [0.5, 0.6) is 5.75 Å². The van der Waals surface area contributed by atoms with Gasteiger partial charge in [-0.15, -0.1) is 0 Å². The lowest BCUT2D eigenvalue weighted by atomic mass is 10.1. The quantitative estimate of drug-likeness (QED) is 0.640. The smallest absolute Gasteiger partial charge is 0.329 e. The van der Waals surface area contributed by atoms with Crippen LogP contribution in [-0.2, 0) is 13.6 Å². The number of nitrogens with zero attached hydrogens (tertiary/aromatic N) is 4. The third-order valence-corrected chi connectivity index (χ3v) is 4.70. The molecule has 9 nitrogen and oxygen atoms in total. The number of hydrogen-bond donors (Lipinski definition) is 2. The zero-order valence-electron chi connectivity index (χ0n) is 16.7. The molecule has 150 valence electrons. The fraction of sp³-hybridized carbons (Fsp3) is 0.421. The van der Waals surface area contributed by atoms with E-state index in [2.05, 4.69) is 9.97 Å². The van der Waals surface area contributed by atoms with Gasteiger partial charge in [0, 0.05) is 21.1 Å². The van der Waals surface area contributed by atoms with Crippen molar-refractivity contribution in [1.29, 1.82) is 0 Å². The lowest BCUT2D eigenvalue weighted by Gasteiger charge is -2.18. The predicted octanol–water partition coefficient (Wildman–Crippen LogP) is 0.546. The van der Waals surface area contributed by atoms with Crippen LogP contribution in [0.1, 0.15) is 11.1 Å². The van der Waals surface area contributed by atoms with E-state index in [0.29, 0.717) is 11.7 Å². The second-order valence-corrected chi connectivity index (χ2v) is 7.12. The van der Waals surface area contributed by atoms with Gasteiger partial charge >= 0.3 is 5.69 Å². The Kier molecular flexibility index (Phi) is 5.28. The van der Waals surface area contributed by atoms with Crippen molar-refractivity contribution in [2.45, 2.75) is 26.5 Å². The molecule has 2 N–H and O–H groups in total. The van der Waals surface area contributed by atoms with Crippen LogP contribution in [0, 0.1) is 13.8 Å². The zero-order chi connectivity index (χ0) is 20.6. The van der Waals surface area contributed by atoms with Gasteiger partial charge in [-0.25, -0.2) is 4.79 Å². The Labute approximate surface area is 161 Å². The average Bonchev–Trinajstić information content (AvgIpc) is 3.01.